The minimum Gasteiger partial charge on any atom is -0.350 e. The van der Waals surface area contributed by atoms with E-state index in [1.54, 1.807) is 12.1 Å². The van der Waals surface area contributed by atoms with Crippen molar-refractivity contribution >= 4 is 21.8 Å². The van der Waals surface area contributed by atoms with Crippen LogP contribution >= 0.6 is 0 Å². The minimum absolute atomic E-state index is 0.00804. The smallest absolute Gasteiger partial charge is 0.244 e. The standard InChI is InChI=1S/C21H30N4O4S/c1-5-24(15-19(26)23-21(2,3)4)20(27)16-10-12-25(13-11-16)30(28,29)18-9-7-6-8-17(18)14-22/h6-9,16H,5,10-13,15H2,1-4H3,(H,23,26). The SMILES string of the molecule is CCN(CC(=O)NC(C)(C)C)C(=O)C1CCN(S(=O)(=O)c2ccccc2C#N)CC1. The molecule has 1 heterocycles. The Morgan fingerprint density at radius 1 is 1.23 bits per heavy atom. The quantitative estimate of drug-likeness (QED) is 0.733. The second-order valence-electron chi connectivity index (χ2n) is 8.44. The van der Waals surface area contributed by atoms with Gasteiger partial charge in [0.25, 0.3) is 0 Å². The van der Waals surface area contributed by atoms with E-state index in [1.165, 1.54) is 21.3 Å². The van der Waals surface area contributed by atoms with Crippen molar-refractivity contribution in [2.45, 2.75) is 51.0 Å². The van der Waals surface area contributed by atoms with Crippen LogP contribution in [0.3, 0.4) is 0 Å². The number of carbonyl (C=O) groups is 2. The number of benzene rings is 1. The molecule has 1 aromatic carbocycles. The van der Waals surface area contributed by atoms with Crippen LogP contribution in [0.2, 0.25) is 0 Å². The topological polar surface area (TPSA) is 111 Å². The van der Waals surface area contributed by atoms with E-state index in [9.17, 15) is 23.3 Å². The Morgan fingerprint density at radius 3 is 2.37 bits per heavy atom. The van der Waals surface area contributed by atoms with Crippen LogP contribution in [0.25, 0.3) is 0 Å². The number of likely N-dealkylation sites (N-methyl/N-ethyl adjacent to an activating group) is 1. The predicted molar refractivity (Wildman–Crippen MR) is 113 cm³/mol. The Kier molecular flexibility index (Phi) is 7.61. The Balaban J connectivity index is 2.03. The van der Waals surface area contributed by atoms with Crippen molar-refractivity contribution in [2.24, 2.45) is 5.92 Å². The zero-order valence-electron chi connectivity index (χ0n) is 18.0. The van der Waals surface area contributed by atoms with E-state index < -0.39 is 10.0 Å². The zero-order valence-corrected chi connectivity index (χ0v) is 18.8. The number of nitriles is 1. The van der Waals surface area contributed by atoms with Crippen molar-refractivity contribution in [1.82, 2.24) is 14.5 Å². The highest BCUT2D eigenvalue weighted by molar-refractivity contribution is 7.89. The van der Waals surface area contributed by atoms with Crippen molar-refractivity contribution in [1.29, 1.82) is 5.26 Å². The molecule has 0 aliphatic carbocycles. The third-order valence-electron chi connectivity index (χ3n) is 4.97. The summed E-state index contributed by atoms with van der Waals surface area (Å²) in [6.07, 6.45) is 0.758. The molecule has 1 saturated heterocycles. The number of nitrogens with zero attached hydrogens (tertiary/aromatic N) is 3. The lowest BCUT2D eigenvalue weighted by atomic mass is 9.96. The minimum atomic E-state index is -3.80. The van der Waals surface area contributed by atoms with E-state index in [1.807, 2.05) is 33.8 Å². The van der Waals surface area contributed by atoms with E-state index in [2.05, 4.69) is 5.32 Å². The number of sulfonamides is 1. The monoisotopic (exact) mass is 434 g/mol. The molecule has 2 amide bonds. The molecule has 0 saturated carbocycles. The third-order valence-corrected chi connectivity index (χ3v) is 6.93. The summed E-state index contributed by atoms with van der Waals surface area (Å²) in [7, 11) is -3.80. The van der Waals surface area contributed by atoms with Gasteiger partial charge in [-0.15, -0.1) is 0 Å². The normalized spacial score (nSPS) is 16.0. The molecule has 0 spiro atoms. The first-order valence-electron chi connectivity index (χ1n) is 10.1. The van der Waals surface area contributed by atoms with Gasteiger partial charge in [0.2, 0.25) is 21.8 Å². The number of hydrogen-bond donors (Lipinski definition) is 1. The second-order valence-corrected chi connectivity index (χ2v) is 10.3. The van der Waals surface area contributed by atoms with E-state index in [0.29, 0.717) is 19.4 Å². The van der Waals surface area contributed by atoms with Crippen LogP contribution in [-0.2, 0) is 19.6 Å². The van der Waals surface area contributed by atoms with E-state index >= 15 is 0 Å². The first kappa shape index (κ1) is 23.8. The maximum Gasteiger partial charge on any atom is 0.244 e. The first-order valence-corrected chi connectivity index (χ1v) is 11.5. The first-order chi connectivity index (χ1) is 14.0. The molecule has 1 fully saturated rings. The van der Waals surface area contributed by atoms with Gasteiger partial charge in [0, 0.05) is 31.1 Å². The van der Waals surface area contributed by atoms with Crippen LogP contribution in [0.5, 0.6) is 0 Å². The van der Waals surface area contributed by atoms with Crippen LogP contribution in [0.1, 0.15) is 46.1 Å². The molecule has 0 bridgehead atoms. The average Bonchev–Trinajstić information content (AvgIpc) is 2.70. The van der Waals surface area contributed by atoms with E-state index in [0.717, 1.165) is 0 Å². The summed E-state index contributed by atoms with van der Waals surface area (Å²) in [4.78, 5) is 26.6. The second kappa shape index (κ2) is 9.58. The van der Waals surface area contributed by atoms with Crippen molar-refractivity contribution in [3.05, 3.63) is 29.8 Å². The van der Waals surface area contributed by atoms with E-state index in [-0.39, 0.29) is 53.4 Å². The highest BCUT2D eigenvalue weighted by atomic mass is 32.2. The summed E-state index contributed by atoms with van der Waals surface area (Å²) < 4.78 is 27.2. The van der Waals surface area contributed by atoms with Gasteiger partial charge in [0.1, 0.15) is 6.07 Å². The number of nitrogens with one attached hydrogen (secondary N) is 1. The fourth-order valence-corrected chi connectivity index (χ4v) is 5.11. The van der Waals surface area contributed by atoms with Gasteiger partial charge in [0.05, 0.1) is 17.0 Å². The van der Waals surface area contributed by atoms with Gasteiger partial charge < -0.3 is 10.2 Å². The maximum atomic E-state index is 12.9. The fourth-order valence-electron chi connectivity index (χ4n) is 3.50. The van der Waals surface area contributed by atoms with Gasteiger partial charge in [0.15, 0.2) is 0 Å². The van der Waals surface area contributed by atoms with Crippen molar-refractivity contribution in [3.8, 4) is 6.07 Å². The third kappa shape index (κ3) is 5.80. The number of carbonyl (C=O) groups excluding carboxylic acids is 2. The summed E-state index contributed by atoms with van der Waals surface area (Å²) in [5, 5.41) is 12.1. The molecule has 2 rings (SSSR count). The summed E-state index contributed by atoms with van der Waals surface area (Å²) in [5.41, 5.74) is -0.267. The summed E-state index contributed by atoms with van der Waals surface area (Å²) in [5.74, 6) is -0.674. The maximum absolute atomic E-state index is 12.9. The van der Waals surface area contributed by atoms with Gasteiger partial charge in [-0.3, -0.25) is 9.59 Å². The number of rotatable bonds is 6. The van der Waals surface area contributed by atoms with Crippen LogP contribution < -0.4 is 5.32 Å². The Morgan fingerprint density at radius 2 is 1.83 bits per heavy atom. The highest BCUT2D eigenvalue weighted by Crippen LogP contribution is 2.26. The van der Waals surface area contributed by atoms with Gasteiger partial charge in [-0.2, -0.15) is 9.57 Å². The van der Waals surface area contributed by atoms with Gasteiger partial charge in [-0.25, -0.2) is 8.42 Å². The Hall–Kier alpha value is -2.44. The molecule has 0 unspecified atom stereocenters. The molecule has 1 aliphatic rings. The van der Waals surface area contributed by atoms with E-state index in [4.69, 9.17) is 0 Å². The lowest BCUT2D eigenvalue weighted by molar-refractivity contribution is -0.140. The molecule has 164 valence electrons. The summed E-state index contributed by atoms with van der Waals surface area (Å²) in [6.45, 7) is 8.25. The summed E-state index contributed by atoms with van der Waals surface area (Å²) >= 11 is 0. The van der Waals surface area contributed by atoms with Crippen molar-refractivity contribution in [3.63, 3.8) is 0 Å². The molecular weight excluding hydrogens is 404 g/mol. The predicted octanol–water partition coefficient (Wildman–Crippen LogP) is 1.72. The lowest BCUT2D eigenvalue weighted by Gasteiger charge is -2.33. The van der Waals surface area contributed by atoms with Crippen LogP contribution in [0.15, 0.2) is 29.2 Å². The molecule has 1 aromatic rings. The van der Waals surface area contributed by atoms with Gasteiger partial charge in [-0.05, 0) is 52.7 Å². The average molecular weight is 435 g/mol. The lowest BCUT2D eigenvalue weighted by Crippen LogP contribution is -2.49. The highest BCUT2D eigenvalue weighted by Gasteiger charge is 2.35. The summed E-state index contributed by atoms with van der Waals surface area (Å²) in [6, 6.07) is 8.04. The Labute approximate surface area is 178 Å². The molecule has 1 N–H and O–H groups in total. The fraction of sp³-hybridized carbons (Fsp3) is 0.571. The number of amides is 2. The van der Waals surface area contributed by atoms with Crippen molar-refractivity contribution < 1.29 is 18.0 Å². The van der Waals surface area contributed by atoms with Crippen LogP contribution in [0, 0.1) is 17.2 Å². The molecule has 0 radical (unpaired) electrons. The largest absolute Gasteiger partial charge is 0.350 e. The molecule has 8 nitrogen and oxygen atoms in total. The molecule has 30 heavy (non-hydrogen) atoms. The van der Waals surface area contributed by atoms with Crippen LogP contribution in [-0.4, -0.2) is 61.2 Å². The molecule has 0 aromatic heterocycles. The molecule has 9 heteroatoms. The number of hydrogen-bond acceptors (Lipinski definition) is 5. The zero-order chi connectivity index (χ0) is 22.5. The molecule has 1 aliphatic heterocycles. The molecule has 0 atom stereocenters. The van der Waals surface area contributed by atoms with Gasteiger partial charge in [-0.1, -0.05) is 12.1 Å². The van der Waals surface area contributed by atoms with Crippen LogP contribution in [0.4, 0.5) is 0 Å². The number of piperidine rings is 1. The Bertz CT molecular complexity index is 923. The molecular formula is C21H30N4O4S. The van der Waals surface area contributed by atoms with Gasteiger partial charge >= 0.3 is 0 Å². The van der Waals surface area contributed by atoms with Crippen molar-refractivity contribution in [2.75, 3.05) is 26.2 Å².